The third kappa shape index (κ3) is 3.43. The monoisotopic (exact) mass is 290 g/mol. The Labute approximate surface area is 122 Å². The van der Waals surface area contributed by atoms with Gasteiger partial charge in [0.1, 0.15) is 5.76 Å². The molecule has 20 heavy (non-hydrogen) atoms. The van der Waals surface area contributed by atoms with Crippen molar-refractivity contribution in [3.8, 4) is 0 Å². The topological polar surface area (TPSA) is 59.5 Å². The number of amides is 1. The number of thioether (sulfide) groups is 1. The molecule has 0 bridgehead atoms. The molecule has 4 nitrogen and oxygen atoms in total. The predicted molar refractivity (Wildman–Crippen MR) is 80.6 cm³/mol. The van der Waals surface area contributed by atoms with Crippen molar-refractivity contribution >= 4 is 17.7 Å². The molecule has 0 atom stereocenters. The summed E-state index contributed by atoms with van der Waals surface area (Å²) in [5.41, 5.74) is 6.56. The highest BCUT2D eigenvalue weighted by Crippen LogP contribution is 2.16. The fourth-order valence-electron chi connectivity index (χ4n) is 1.87. The molecule has 1 aromatic heterocycles. The molecule has 0 spiro atoms. The van der Waals surface area contributed by atoms with Crippen molar-refractivity contribution in [2.75, 3.05) is 13.3 Å². The second-order valence-electron chi connectivity index (χ2n) is 4.48. The number of hydrogen-bond acceptors (Lipinski definition) is 4. The first-order valence-corrected chi connectivity index (χ1v) is 7.53. The Morgan fingerprint density at radius 3 is 2.50 bits per heavy atom. The number of carbonyl (C=O) groups excluding carboxylic acids is 1. The summed E-state index contributed by atoms with van der Waals surface area (Å²) in [6.07, 6.45) is 2.04. The van der Waals surface area contributed by atoms with Crippen molar-refractivity contribution < 1.29 is 9.21 Å². The van der Waals surface area contributed by atoms with E-state index in [0.29, 0.717) is 24.6 Å². The summed E-state index contributed by atoms with van der Waals surface area (Å²) in [6.45, 7) is 0.847. The van der Waals surface area contributed by atoms with Crippen LogP contribution in [0.3, 0.4) is 0 Å². The molecule has 5 heteroatoms. The molecule has 0 unspecified atom stereocenters. The second kappa shape index (κ2) is 6.63. The van der Waals surface area contributed by atoms with Crippen LogP contribution in [0, 0.1) is 0 Å². The van der Waals surface area contributed by atoms with Gasteiger partial charge in [-0.1, -0.05) is 12.1 Å². The highest BCUT2D eigenvalue weighted by Gasteiger charge is 2.15. The van der Waals surface area contributed by atoms with Crippen LogP contribution in [0.25, 0.3) is 0 Å². The minimum atomic E-state index is -0.140. The van der Waals surface area contributed by atoms with Crippen LogP contribution in [0.4, 0.5) is 0 Å². The Balaban J connectivity index is 2.02. The summed E-state index contributed by atoms with van der Waals surface area (Å²) in [5, 5.41) is 0. The van der Waals surface area contributed by atoms with E-state index in [-0.39, 0.29) is 5.91 Å². The zero-order chi connectivity index (χ0) is 14.5. The molecule has 0 aliphatic carbocycles. The number of benzene rings is 1. The summed E-state index contributed by atoms with van der Waals surface area (Å²) in [4.78, 5) is 15.0. The minimum absolute atomic E-state index is 0.140. The summed E-state index contributed by atoms with van der Waals surface area (Å²) in [6, 6.07) is 11.6. The average Bonchev–Trinajstić information content (AvgIpc) is 2.96. The molecule has 0 saturated heterocycles. The van der Waals surface area contributed by atoms with Gasteiger partial charge in [0.25, 0.3) is 5.91 Å². The SMILES string of the molecule is CSc1ccc(CN(C)C(=O)c2ccc(CN)o2)cc1. The summed E-state index contributed by atoms with van der Waals surface area (Å²) in [7, 11) is 1.76. The van der Waals surface area contributed by atoms with Crippen LogP contribution < -0.4 is 5.73 Å². The number of nitrogens with two attached hydrogens (primary N) is 1. The fraction of sp³-hybridized carbons (Fsp3) is 0.267. The van der Waals surface area contributed by atoms with Crippen molar-refractivity contribution in [2.45, 2.75) is 18.0 Å². The highest BCUT2D eigenvalue weighted by atomic mass is 32.2. The Morgan fingerprint density at radius 1 is 1.25 bits per heavy atom. The lowest BCUT2D eigenvalue weighted by Crippen LogP contribution is -2.25. The Kier molecular flexibility index (Phi) is 4.87. The van der Waals surface area contributed by atoms with E-state index in [2.05, 4.69) is 12.1 Å². The first-order chi connectivity index (χ1) is 9.63. The van der Waals surface area contributed by atoms with Crippen molar-refractivity contribution in [3.05, 3.63) is 53.5 Å². The number of furan rings is 1. The highest BCUT2D eigenvalue weighted by molar-refractivity contribution is 7.98. The van der Waals surface area contributed by atoms with Crippen LogP contribution in [0.1, 0.15) is 21.9 Å². The quantitative estimate of drug-likeness (QED) is 0.860. The van der Waals surface area contributed by atoms with Crippen molar-refractivity contribution in [3.63, 3.8) is 0 Å². The lowest BCUT2D eigenvalue weighted by molar-refractivity contribution is 0.0751. The lowest BCUT2D eigenvalue weighted by Gasteiger charge is -2.16. The summed E-state index contributed by atoms with van der Waals surface area (Å²) < 4.78 is 5.37. The van der Waals surface area contributed by atoms with Crippen LogP contribution in [0.2, 0.25) is 0 Å². The van der Waals surface area contributed by atoms with E-state index in [9.17, 15) is 4.79 Å². The Hall–Kier alpha value is -1.72. The fourth-order valence-corrected chi connectivity index (χ4v) is 2.28. The van der Waals surface area contributed by atoms with Gasteiger partial charge in [-0.25, -0.2) is 0 Å². The smallest absolute Gasteiger partial charge is 0.289 e. The maximum absolute atomic E-state index is 12.2. The number of nitrogens with zero attached hydrogens (tertiary/aromatic N) is 1. The molecule has 1 heterocycles. The molecule has 0 saturated carbocycles. The number of rotatable bonds is 5. The molecular formula is C15H18N2O2S. The van der Waals surface area contributed by atoms with Gasteiger partial charge in [-0.2, -0.15) is 0 Å². The maximum atomic E-state index is 12.2. The lowest BCUT2D eigenvalue weighted by atomic mass is 10.2. The molecule has 0 fully saturated rings. The van der Waals surface area contributed by atoms with Gasteiger partial charge in [-0.05, 0) is 36.1 Å². The van der Waals surface area contributed by atoms with Crippen LogP contribution in [-0.2, 0) is 13.1 Å². The van der Waals surface area contributed by atoms with Crippen LogP contribution in [0.15, 0.2) is 45.7 Å². The van der Waals surface area contributed by atoms with E-state index in [1.54, 1.807) is 35.8 Å². The van der Waals surface area contributed by atoms with E-state index in [0.717, 1.165) is 5.56 Å². The zero-order valence-electron chi connectivity index (χ0n) is 11.6. The molecule has 1 aromatic carbocycles. The molecule has 2 N–H and O–H groups in total. The first-order valence-electron chi connectivity index (χ1n) is 6.31. The Bertz CT molecular complexity index is 578. The van der Waals surface area contributed by atoms with Crippen LogP contribution >= 0.6 is 11.8 Å². The average molecular weight is 290 g/mol. The van der Waals surface area contributed by atoms with E-state index in [4.69, 9.17) is 10.2 Å². The second-order valence-corrected chi connectivity index (χ2v) is 5.36. The van der Waals surface area contributed by atoms with Crippen molar-refractivity contribution in [2.24, 2.45) is 5.73 Å². The largest absolute Gasteiger partial charge is 0.455 e. The van der Waals surface area contributed by atoms with E-state index < -0.39 is 0 Å². The third-order valence-electron chi connectivity index (χ3n) is 3.00. The van der Waals surface area contributed by atoms with E-state index in [1.165, 1.54) is 4.90 Å². The summed E-state index contributed by atoms with van der Waals surface area (Å²) >= 11 is 1.70. The predicted octanol–water partition coefficient (Wildman–Crippen LogP) is 2.73. The normalized spacial score (nSPS) is 10.6. The van der Waals surface area contributed by atoms with Gasteiger partial charge in [0, 0.05) is 18.5 Å². The van der Waals surface area contributed by atoms with Crippen molar-refractivity contribution in [1.29, 1.82) is 0 Å². The van der Waals surface area contributed by atoms with Gasteiger partial charge < -0.3 is 15.1 Å². The van der Waals surface area contributed by atoms with Crippen LogP contribution in [0.5, 0.6) is 0 Å². The van der Waals surface area contributed by atoms with Gasteiger partial charge in [-0.3, -0.25) is 4.79 Å². The summed E-state index contributed by atoms with van der Waals surface area (Å²) in [5.74, 6) is 0.804. The molecule has 2 rings (SSSR count). The molecular weight excluding hydrogens is 272 g/mol. The maximum Gasteiger partial charge on any atom is 0.289 e. The van der Waals surface area contributed by atoms with Crippen LogP contribution in [-0.4, -0.2) is 24.1 Å². The zero-order valence-corrected chi connectivity index (χ0v) is 12.4. The van der Waals surface area contributed by atoms with Gasteiger partial charge in [0.05, 0.1) is 6.54 Å². The van der Waals surface area contributed by atoms with Gasteiger partial charge in [-0.15, -0.1) is 11.8 Å². The number of carbonyl (C=O) groups is 1. The number of hydrogen-bond donors (Lipinski definition) is 1. The molecule has 0 aliphatic heterocycles. The molecule has 1 amide bonds. The van der Waals surface area contributed by atoms with Gasteiger partial charge >= 0.3 is 0 Å². The first kappa shape index (κ1) is 14.7. The van der Waals surface area contributed by atoms with E-state index >= 15 is 0 Å². The molecule has 0 aliphatic rings. The third-order valence-corrected chi connectivity index (χ3v) is 3.74. The Morgan fingerprint density at radius 2 is 1.95 bits per heavy atom. The van der Waals surface area contributed by atoms with Crippen molar-refractivity contribution in [1.82, 2.24) is 4.90 Å². The minimum Gasteiger partial charge on any atom is -0.455 e. The van der Waals surface area contributed by atoms with E-state index in [1.807, 2.05) is 18.4 Å². The molecule has 2 aromatic rings. The standard InChI is InChI=1S/C15H18N2O2S/c1-17(10-11-3-6-13(20-2)7-4-11)15(18)14-8-5-12(9-16)19-14/h3-8H,9-10,16H2,1-2H3. The molecule has 0 radical (unpaired) electrons. The van der Waals surface area contributed by atoms with Gasteiger partial charge in [0.2, 0.25) is 0 Å². The molecule has 106 valence electrons. The van der Waals surface area contributed by atoms with Gasteiger partial charge in [0.15, 0.2) is 5.76 Å².